The average molecular weight is 305 g/mol. The van der Waals surface area contributed by atoms with Crippen LogP contribution in [-0.4, -0.2) is 30.5 Å². The summed E-state index contributed by atoms with van der Waals surface area (Å²) in [6.45, 7) is 3.27. The van der Waals surface area contributed by atoms with Crippen LogP contribution in [0.15, 0.2) is 24.3 Å². The van der Waals surface area contributed by atoms with Crippen LogP contribution in [0.4, 0.5) is 0 Å². The van der Waals surface area contributed by atoms with E-state index in [1.165, 1.54) is 11.3 Å². The molecule has 2 aromatic rings. The number of esters is 1. The van der Waals surface area contributed by atoms with Gasteiger partial charge in [0.05, 0.1) is 17.8 Å². The SMILES string of the molecule is COc1ccc(C(=O)COC(=O)c2sc(C)nc2C)cc1. The summed E-state index contributed by atoms with van der Waals surface area (Å²) in [6, 6.07) is 6.64. The summed E-state index contributed by atoms with van der Waals surface area (Å²) in [5.41, 5.74) is 1.10. The van der Waals surface area contributed by atoms with Crippen molar-refractivity contribution in [3.63, 3.8) is 0 Å². The summed E-state index contributed by atoms with van der Waals surface area (Å²) in [6.07, 6.45) is 0. The van der Waals surface area contributed by atoms with Crippen LogP contribution in [0, 0.1) is 13.8 Å². The lowest BCUT2D eigenvalue weighted by atomic mass is 10.1. The zero-order valence-corrected chi connectivity index (χ0v) is 12.8. The molecule has 0 spiro atoms. The Morgan fingerprint density at radius 1 is 1.19 bits per heavy atom. The average Bonchev–Trinajstić information content (AvgIpc) is 2.83. The fourth-order valence-corrected chi connectivity index (χ4v) is 2.59. The Morgan fingerprint density at radius 3 is 2.38 bits per heavy atom. The lowest BCUT2D eigenvalue weighted by Crippen LogP contribution is -2.14. The maximum absolute atomic E-state index is 11.9. The molecule has 0 aliphatic heterocycles. The monoisotopic (exact) mass is 305 g/mol. The summed E-state index contributed by atoms with van der Waals surface area (Å²) in [4.78, 5) is 28.4. The normalized spacial score (nSPS) is 10.2. The zero-order chi connectivity index (χ0) is 15.4. The van der Waals surface area contributed by atoms with Crippen LogP contribution in [0.5, 0.6) is 5.75 Å². The van der Waals surface area contributed by atoms with Gasteiger partial charge in [0.15, 0.2) is 12.4 Å². The molecule has 110 valence electrons. The van der Waals surface area contributed by atoms with Crippen molar-refractivity contribution in [1.29, 1.82) is 0 Å². The minimum Gasteiger partial charge on any atom is -0.497 e. The van der Waals surface area contributed by atoms with E-state index in [1.807, 2.05) is 6.92 Å². The van der Waals surface area contributed by atoms with Gasteiger partial charge in [0.2, 0.25) is 0 Å². The number of carbonyl (C=O) groups excluding carboxylic acids is 2. The van der Waals surface area contributed by atoms with E-state index in [4.69, 9.17) is 9.47 Å². The molecule has 21 heavy (non-hydrogen) atoms. The summed E-state index contributed by atoms with van der Waals surface area (Å²) >= 11 is 1.26. The number of rotatable bonds is 5. The van der Waals surface area contributed by atoms with Crippen LogP contribution in [0.2, 0.25) is 0 Å². The highest BCUT2D eigenvalue weighted by Crippen LogP contribution is 2.18. The van der Waals surface area contributed by atoms with Gasteiger partial charge in [-0.1, -0.05) is 0 Å². The van der Waals surface area contributed by atoms with Crippen LogP contribution in [0.25, 0.3) is 0 Å². The van der Waals surface area contributed by atoms with Gasteiger partial charge in [-0.2, -0.15) is 0 Å². The first-order valence-electron chi connectivity index (χ1n) is 6.29. The number of Topliss-reactive ketones (excluding diaryl/α,β-unsaturated/α-hetero) is 1. The Hall–Kier alpha value is -2.21. The first-order valence-corrected chi connectivity index (χ1v) is 7.11. The number of hydrogen-bond donors (Lipinski definition) is 0. The number of ketones is 1. The molecule has 0 atom stereocenters. The van der Waals surface area contributed by atoms with Gasteiger partial charge in [0, 0.05) is 5.56 Å². The number of benzene rings is 1. The molecule has 1 heterocycles. The van der Waals surface area contributed by atoms with Gasteiger partial charge >= 0.3 is 5.97 Å². The van der Waals surface area contributed by atoms with Crippen molar-refractivity contribution in [3.8, 4) is 5.75 Å². The summed E-state index contributed by atoms with van der Waals surface area (Å²) in [7, 11) is 1.55. The smallest absolute Gasteiger partial charge is 0.350 e. The number of carbonyl (C=O) groups is 2. The zero-order valence-electron chi connectivity index (χ0n) is 12.0. The molecule has 0 saturated carbocycles. The lowest BCUT2D eigenvalue weighted by molar-refractivity contribution is 0.0478. The number of thiazole rings is 1. The Balaban J connectivity index is 1.97. The van der Waals surface area contributed by atoms with Crippen LogP contribution in [-0.2, 0) is 4.74 Å². The van der Waals surface area contributed by atoms with Gasteiger partial charge in [-0.15, -0.1) is 11.3 Å². The van der Waals surface area contributed by atoms with Gasteiger partial charge < -0.3 is 9.47 Å². The first kappa shape index (κ1) is 15.2. The number of hydrogen-bond acceptors (Lipinski definition) is 6. The van der Waals surface area contributed by atoms with Crippen molar-refractivity contribution < 1.29 is 19.1 Å². The molecule has 1 aromatic heterocycles. The number of ether oxygens (including phenoxy) is 2. The highest BCUT2D eigenvalue weighted by atomic mass is 32.1. The van der Waals surface area contributed by atoms with Gasteiger partial charge in [-0.3, -0.25) is 4.79 Å². The molecule has 0 fully saturated rings. The Morgan fingerprint density at radius 2 is 1.86 bits per heavy atom. The molecule has 2 rings (SSSR count). The van der Waals surface area contributed by atoms with Crippen LogP contribution >= 0.6 is 11.3 Å². The minimum absolute atomic E-state index is 0.259. The third-order valence-corrected chi connectivity index (χ3v) is 3.89. The van der Waals surface area contributed by atoms with Crippen molar-refractivity contribution in [2.24, 2.45) is 0 Å². The second kappa shape index (κ2) is 6.49. The molecule has 0 unspecified atom stereocenters. The molecule has 0 N–H and O–H groups in total. The number of methoxy groups -OCH3 is 1. The van der Waals surface area contributed by atoms with Crippen molar-refractivity contribution in [2.45, 2.75) is 13.8 Å². The van der Waals surface area contributed by atoms with Gasteiger partial charge in [-0.05, 0) is 38.1 Å². The maximum atomic E-state index is 11.9. The van der Waals surface area contributed by atoms with E-state index < -0.39 is 5.97 Å². The minimum atomic E-state index is -0.514. The number of nitrogens with zero attached hydrogens (tertiary/aromatic N) is 1. The fraction of sp³-hybridized carbons (Fsp3) is 0.267. The Kier molecular flexibility index (Phi) is 4.70. The van der Waals surface area contributed by atoms with E-state index in [1.54, 1.807) is 38.3 Å². The molecule has 0 aliphatic rings. The van der Waals surface area contributed by atoms with Crippen molar-refractivity contribution >= 4 is 23.1 Å². The molecule has 0 amide bonds. The largest absolute Gasteiger partial charge is 0.497 e. The summed E-state index contributed by atoms with van der Waals surface area (Å²) in [5, 5.41) is 0.793. The van der Waals surface area contributed by atoms with E-state index in [0.717, 1.165) is 5.01 Å². The van der Waals surface area contributed by atoms with Crippen LogP contribution in [0.1, 0.15) is 30.7 Å². The van der Waals surface area contributed by atoms with E-state index in [0.29, 0.717) is 21.9 Å². The van der Waals surface area contributed by atoms with E-state index in [9.17, 15) is 9.59 Å². The second-order valence-electron chi connectivity index (χ2n) is 4.38. The van der Waals surface area contributed by atoms with Crippen molar-refractivity contribution in [3.05, 3.63) is 45.4 Å². The summed E-state index contributed by atoms with van der Waals surface area (Å²) < 4.78 is 10.1. The van der Waals surface area contributed by atoms with Gasteiger partial charge in [-0.25, -0.2) is 9.78 Å². The lowest BCUT2D eigenvalue weighted by Gasteiger charge is -2.04. The molecule has 0 bridgehead atoms. The third-order valence-electron chi connectivity index (χ3n) is 2.84. The number of aromatic nitrogens is 1. The fourth-order valence-electron chi connectivity index (χ4n) is 1.78. The Labute approximate surface area is 126 Å². The van der Waals surface area contributed by atoms with Gasteiger partial charge in [0.1, 0.15) is 10.6 Å². The molecule has 5 nitrogen and oxygen atoms in total. The van der Waals surface area contributed by atoms with Crippen molar-refractivity contribution in [2.75, 3.05) is 13.7 Å². The highest BCUT2D eigenvalue weighted by molar-refractivity contribution is 7.13. The second-order valence-corrected chi connectivity index (χ2v) is 5.58. The Bertz CT molecular complexity index is 661. The van der Waals surface area contributed by atoms with E-state index >= 15 is 0 Å². The quantitative estimate of drug-likeness (QED) is 0.628. The first-order chi connectivity index (χ1) is 10.0. The molecule has 0 saturated heterocycles. The molecule has 1 aromatic carbocycles. The topological polar surface area (TPSA) is 65.5 Å². The predicted octanol–water partition coefficient (Wildman–Crippen LogP) is 2.81. The molecule has 6 heteroatoms. The summed E-state index contributed by atoms with van der Waals surface area (Å²) in [5.74, 6) is -0.107. The molecular weight excluding hydrogens is 290 g/mol. The maximum Gasteiger partial charge on any atom is 0.350 e. The van der Waals surface area contributed by atoms with E-state index in [-0.39, 0.29) is 12.4 Å². The van der Waals surface area contributed by atoms with Crippen molar-refractivity contribution in [1.82, 2.24) is 4.98 Å². The molecular formula is C15H15NO4S. The van der Waals surface area contributed by atoms with E-state index in [2.05, 4.69) is 4.98 Å². The standard InChI is InChI=1S/C15H15NO4S/c1-9-14(21-10(2)16-9)15(18)20-8-13(17)11-4-6-12(19-3)7-5-11/h4-7H,8H2,1-3H3. The van der Waals surface area contributed by atoms with Crippen LogP contribution < -0.4 is 4.74 Å². The number of aryl methyl sites for hydroxylation is 2. The molecule has 0 aliphatic carbocycles. The third kappa shape index (κ3) is 3.66. The van der Waals surface area contributed by atoms with Gasteiger partial charge in [0.25, 0.3) is 0 Å². The molecule has 0 radical (unpaired) electrons. The van der Waals surface area contributed by atoms with Crippen LogP contribution in [0.3, 0.4) is 0 Å². The predicted molar refractivity (Wildman–Crippen MR) is 79.2 cm³/mol. The highest BCUT2D eigenvalue weighted by Gasteiger charge is 2.17.